The molecular weight excluding hydrogens is 242 g/mol. The van der Waals surface area contributed by atoms with Crippen molar-refractivity contribution in [3.8, 4) is 0 Å². The summed E-state index contributed by atoms with van der Waals surface area (Å²) in [7, 11) is 3.62. The normalized spacial score (nSPS) is 11.2. The fourth-order valence-corrected chi connectivity index (χ4v) is 1.17. The average molecular weight is 258 g/mol. The number of carbonyl (C=O) groups is 1. The zero-order valence-corrected chi connectivity index (χ0v) is 10.3. The van der Waals surface area contributed by atoms with Crippen LogP contribution in [0, 0.1) is 0 Å². The quantitative estimate of drug-likeness (QED) is 0.805. The first-order valence-corrected chi connectivity index (χ1v) is 5.35. The Balaban J connectivity index is 2.62. The number of nitrogens with zero attached hydrogens (tertiary/aromatic N) is 2. The molecule has 0 aliphatic carbocycles. The van der Waals surface area contributed by atoms with E-state index in [1.165, 1.54) is 12.3 Å². The maximum absolute atomic E-state index is 12.8. The van der Waals surface area contributed by atoms with Crippen molar-refractivity contribution < 1.29 is 13.6 Å². The van der Waals surface area contributed by atoms with Crippen LogP contribution in [-0.4, -0.2) is 44.0 Å². The van der Waals surface area contributed by atoms with Crippen LogP contribution in [0.15, 0.2) is 18.3 Å². The minimum atomic E-state index is -3.09. The fourth-order valence-electron chi connectivity index (χ4n) is 1.17. The van der Waals surface area contributed by atoms with E-state index in [-0.39, 0.29) is 5.56 Å². The molecule has 1 rings (SSSR count). The minimum Gasteiger partial charge on any atom is -0.363 e. The van der Waals surface area contributed by atoms with Gasteiger partial charge in [0, 0.05) is 20.3 Å². The highest BCUT2D eigenvalue weighted by Gasteiger charge is 2.27. The number of halogens is 2. The lowest BCUT2D eigenvalue weighted by Gasteiger charge is -2.15. The second kappa shape index (κ2) is 5.72. The van der Waals surface area contributed by atoms with Crippen molar-refractivity contribution in [1.82, 2.24) is 10.3 Å². The predicted octanol–water partition coefficient (Wildman–Crippen LogP) is 0.471. The van der Waals surface area contributed by atoms with Gasteiger partial charge in [-0.25, -0.2) is 13.8 Å². The molecule has 1 aromatic heterocycles. The SMILES string of the molecule is CN(C)c1ccc(C(=O)NCC(F)(F)CN)cn1. The predicted molar refractivity (Wildman–Crippen MR) is 64.9 cm³/mol. The standard InChI is InChI=1S/C11H16F2N4O/c1-17(2)9-4-3-8(5-15-9)10(18)16-7-11(12,13)6-14/h3-5H,6-7,14H2,1-2H3,(H,16,18). The van der Waals surface area contributed by atoms with Crippen molar-refractivity contribution in [3.63, 3.8) is 0 Å². The molecule has 0 aliphatic rings. The van der Waals surface area contributed by atoms with Gasteiger partial charge in [0.05, 0.1) is 18.7 Å². The van der Waals surface area contributed by atoms with Crippen molar-refractivity contribution >= 4 is 11.7 Å². The summed E-state index contributed by atoms with van der Waals surface area (Å²) in [6.07, 6.45) is 1.34. The van der Waals surface area contributed by atoms with Gasteiger partial charge in [0.1, 0.15) is 5.82 Å². The van der Waals surface area contributed by atoms with Crippen LogP contribution in [0.5, 0.6) is 0 Å². The molecule has 0 bridgehead atoms. The second-order valence-corrected chi connectivity index (χ2v) is 4.04. The van der Waals surface area contributed by atoms with E-state index in [2.05, 4.69) is 10.3 Å². The fraction of sp³-hybridized carbons (Fsp3) is 0.455. The van der Waals surface area contributed by atoms with E-state index >= 15 is 0 Å². The number of pyridine rings is 1. The summed E-state index contributed by atoms with van der Waals surface area (Å²) >= 11 is 0. The highest BCUT2D eigenvalue weighted by atomic mass is 19.3. The number of nitrogens with two attached hydrogens (primary N) is 1. The van der Waals surface area contributed by atoms with Crippen molar-refractivity contribution in [2.45, 2.75) is 5.92 Å². The summed E-state index contributed by atoms with van der Waals surface area (Å²) < 4.78 is 25.7. The molecule has 0 saturated heterocycles. The number of hydrogen-bond acceptors (Lipinski definition) is 4. The van der Waals surface area contributed by atoms with Gasteiger partial charge in [-0.3, -0.25) is 4.79 Å². The molecule has 0 saturated carbocycles. The third-order valence-electron chi connectivity index (χ3n) is 2.27. The molecule has 0 fully saturated rings. The Labute approximate surface area is 104 Å². The monoisotopic (exact) mass is 258 g/mol. The van der Waals surface area contributed by atoms with Crippen LogP contribution < -0.4 is 16.0 Å². The second-order valence-electron chi connectivity index (χ2n) is 4.04. The molecular formula is C11H16F2N4O. The number of carbonyl (C=O) groups excluding carboxylic acids is 1. The third kappa shape index (κ3) is 3.92. The topological polar surface area (TPSA) is 71.2 Å². The first-order chi connectivity index (χ1) is 8.35. The summed E-state index contributed by atoms with van der Waals surface area (Å²) in [6.45, 7) is -1.58. The van der Waals surface area contributed by atoms with Crippen LogP contribution in [0.2, 0.25) is 0 Å². The molecule has 0 aromatic carbocycles. The molecule has 100 valence electrons. The zero-order valence-electron chi connectivity index (χ0n) is 10.3. The van der Waals surface area contributed by atoms with Gasteiger partial charge in [0.2, 0.25) is 0 Å². The van der Waals surface area contributed by atoms with Gasteiger partial charge in [-0.05, 0) is 12.1 Å². The van der Waals surface area contributed by atoms with Gasteiger partial charge < -0.3 is 16.0 Å². The molecule has 0 atom stereocenters. The average Bonchev–Trinajstić information content (AvgIpc) is 2.36. The number of anilines is 1. The van der Waals surface area contributed by atoms with E-state index in [0.29, 0.717) is 5.82 Å². The largest absolute Gasteiger partial charge is 0.363 e. The van der Waals surface area contributed by atoms with Crippen LogP contribution in [-0.2, 0) is 0 Å². The number of aromatic nitrogens is 1. The molecule has 0 aliphatic heterocycles. The molecule has 1 heterocycles. The van der Waals surface area contributed by atoms with E-state index in [1.807, 2.05) is 14.1 Å². The van der Waals surface area contributed by atoms with Crippen molar-refractivity contribution in [1.29, 1.82) is 0 Å². The Morgan fingerprint density at radius 2 is 2.17 bits per heavy atom. The van der Waals surface area contributed by atoms with E-state index in [1.54, 1.807) is 11.0 Å². The maximum atomic E-state index is 12.8. The summed E-state index contributed by atoms with van der Waals surface area (Å²) in [4.78, 5) is 17.3. The van der Waals surface area contributed by atoms with Crippen LogP contribution in [0.25, 0.3) is 0 Å². The Bertz CT molecular complexity index is 406. The maximum Gasteiger partial charge on any atom is 0.277 e. The van der Waals surface area contributed by atoms with Crippen LogP contribution >= 0.6 is 0 Å². The number of alkyl halides is 2. The highest BCUT2D eigenvalue weighted by Crippen LogP contribution is 2.10. The minimum absolute atomic E-state index is 0.230. The summed E-state index contributed by atoms with van der Waals surface area (Å²) in [5.74, 6) is -3.01. The molecule has 7 heteroatoms. The van der Waals surface area contributed by atoms with Gasteiger partial charge >= 0.3 is 0 Å². The third-order valence-corrected chi connectivity index (χ3v) is 2.27. The summed E-state index contributed by atoms with van der Waals surface area (Å²) in [5, 5.41) is 2.12. The van der Waals surface area contributed by atoms with E-state index in [9.17, 15) is 13.6 Å². The van der Waals surface area contributed by atoms with Crippen LogP contribution in [0.4, 0.5) is 14.6 Å². The van der Waals surface area contributed by atoms with E-state index in [0.717, 1.165) is 0 Å². The van der Waals surface area contributed by atoms with E-state index < -0.39 is 24.9 Å². The molecule has 1 aromatic rings. The van der Waals surface area contributed by atoms with Gasteiger partial charge in [-0.1, -0.05) is 0 Å². The highest BCUT2D eigenvalue weighted by molar-refractivity contribution is 5.94. The number of hydrogen-bond donors (Lipinski definition) is 2. The van der Waals surface area contributed by atoms with E-state index in [4.69, 9.17) is 5.73 Å². The van der Waals surface area contributed by atoms with Gasteiger partial charge in [0.15, 0.2) is 0 Å². The molecule has 18 heavy (non-hydrogen) atoms. The van der Waals surface area contributed by atoms with Crippen molar-refractivity contribution in [3.05, 3.63) is 23.9 Å². The molecule has 3 N–H and O–H groups in total. The molecule has 1 amide bonds. The zero-order chi connectivity index (χ0) is 13.8. The van der Waals surface area contributed by atoms with Gasteiger partial charge in [-0.15, -0.1) is 0 Å². The lowest BCUT2D eigenvalue weighted by molar-refractivity contribution is 0.0118. The molecule has 0 spiro atoms. The van der Waals surface area contributed by atoms with Gasteiger partial charge in [-0.2, -0.15) is 0 Å². The number of nitrogens with one attached hydrogen (secondary N) is 1. The van der Waals surface area contributed by atoms with Gasteiger partial charge in [0.25, 0.3) is 11.8 Å². The lowest BCUT2D eigenvalue weighted by Crippen LogP contribution is -2.41. The first kappa shape index (κ1) is 14.3. The molecule has 0 unspecified atom stereocenters. The Hall–Kier alpha value is -1.76. The lowest BCUT2D eigenvalue weighted by atomic mass is 10.2. The Morgan fingerprint density at radius 3 is 2.61 bits per heavy atom. The summed E-state index contributed by atoms with van der Waals surface area (Å²) in [6, 6.07) is 3.16. The smallest absolute Gasteiger partial charge is 0.277 e. The number of rotatable bonds is 5. The molecule has 0 radical (unpaired) electrons. The first-order valence-electron chi connectivity index (χ1n) is 5.35. The molecule has 5 nitrogen and oxygen atoms in total. The Morgan fingerprint density at radius 1 is 1.50 bits per heavy atom. The summed E-state index contributed by atoms with van der Waals surface area (Å²) in [5.41, 5.74) is 5.10. The van der Waals surface area contributed by atoms with Crippen molar-refractivity contribution in [2.24, 2.45) is 5.73 Å². The van der Waals surface area contributed by atoms with Crippen LogP contribution in [0.1, 0.15) is 10.4 Å². The Kier molecular flexibility index (Phi) is 4.55. The number of amides is 1. The van der Waals surface area contributed by atoms with Crippen molar-refractivity contribution in [2.75, 3.05) is 32.1 Å². The van der Waals surface area contributed by atoms with Crippen LogP contribution in [0.3, 0.4) is 0 Å².